The largest absolute Gasteiger partial charge is 0.344 e. The lowest BCUT2D eigenvalue weighted by Gasteiger charge is -2.29. The maximum atomic E-state index is 12.3. The van der Waals surface area contributed by atoms with Crippen LogP contribution in [0.4, 0.5) is 0 Å². The fourth-order valence-corrected chi connectivity index (χ4v) is 3.40. The highest BCUT2D eigenvalue weighted by Gasteiger charge is 2.26. The number of hydrogen-bond donors (Lipinski definition) is 1. The van der Waals surface area contributed by atoms with Crippen molar-refractivity contribution < 1.29 is 4.79 Å². The van der Waals surface area contributed by atoms with Crippen LogP contribution in [0.5, 0.6) is 0 Å². The van der Waals surface area contributed by atoms with Gasteiger partial charge in [0.2, 0.25) is 5.91 Å². The molecule has 0 bridgehead atoms. The van der Waals surface area contributed by atoms with Crippen molar-refractivity contribution in [2.45, 2.75) is 57.5 Å². The van der Waals surface area contributed by atoms with Crippen molar-refractivity contribution in [1.29, 1.82) is 0 Å². The molecule has 0 saturated carbocycles. The second-order valence-corrected chi connectivity index (χ2v) is 6.05. The quantitative estimate of drug-likeness (QED) is 0.819. The zero-order valence-corrected chi connectivity index (χ0v) is 12.5. The Hall–Kier alpha value is -0.610. The third-order valence-corrected chi connectivity index (χ3v) is 4.65. The molecule has 0 aromatic carbocycles. The summed E-state index contributed by atoms with van der Waals surface area (Å²) in [6.45, 7) is 6.50. The fourth-order valence-electron chi connectivity index (χ4n) is 3.40. The summed E-state index contributed by atoms with van der Waals surface area (Å²) in [5.41, 5.74) is 0. The van der Waals surface area contributed by atoms with Crippen LogP contribution in [0, 0.1) is 0 Å². The maximum absolute atomic E-state index is 12.3. The first kappa shape index (κ1) is 14.8. The predicted octanol–water partition coefficient (Wildman–Crippen LogP) is 1.46. The molecule has 110 valence electrons. The number of nitrogens with zero attached hydrogens (tertiary/aromatic N) is 2. The molecule has 1 N–H and O–H groups in total. The molecule has 19 heavy (non-hydrogen) atoms. The Morgan fingerprint density at radius 2 is 2.16 bits per heavy atom. The minimum Gasteiger partial charge on any atom is -0.344 e. The second-order valence-electron chi connectivity index (χ2n) is 6.05. The third kappa shape index (κ3) is 4.18. The van der Waals surface area contributed by atoms with E-state index in [1.807, 2.05) is 11.9 Å². The average Bonchev–Trinajstić information content (AvgIpc) is 2.87. The fraction of sp³-hybridized carbons (Fsp3) is 0.933. The molecule has 2 aliphatic heterocycles. The Kier molecular flexibility index (Phi) is 5.64. The van der Waals surface area contributed by atoms with Crippen molar-refractivity contribution in [2.24, 2.45) is 0 Å². The molecule has 2 aliphatic rings. The maximum Gasteiger partial charge on any atom is 0.223 e. The molecule has 2 saturated heterocycles. The van der Waals surface area contributed by atoms with Crippen molar-refractivity contribution in [3.8, 4) is 0 Å². The normalized spacial score (nSPS) is 28.5. The van der Waals surface area contributed by atoms with Crippen molar-refractivity contribution in [3.05, 3.63) is 0 Å². The summed E-state index contributed by atoms with van der Waals surface area (Å²) >= 11 is 0. The van der Waals surface area contributed by atoms with E-state index in [4.69, 9.17) is 0 Å². The summed E-state index contributed by atoms with van der Waals surface area (Å²) < 4.78 is 0. The van der Waals surface area contributed by atoms with Crippen molar-refractivity contribution in [1.82, 2.24) is 15.1 Å². The van der Waals surface area contributed by atoms with Gasteiger partial charge in [-0.2, -0.15) is 0 Å². The van der Waals surface area contributed by atoms with Gasteiger partial charge in [0, 0.05) is 32.1 Å². The number of carbonyl (C=O) groups excluding carboxylic acids is 1. The summed E-state index contributed by atoms with van der Waals surface area (Å²) in [5, 5.41) is 3.46. The second kappa shape index (κ2) is 7.25. The first-order valence-corrected chi connectivity index (χ1v) is 7.92. The van der Waals surface area contributed by atoms with E-state index in [0.717, 1.165) is 26.1 Å². The van der Waals surface area contributed by atoms with Crippen LogP contribution in [0.2, 0.25) is 0 Å². The Bertz CT molecular complexity index is 289. The Morgan fingerprint density at radius 1 is 1.32 bits per heavy atom. The highest BCUT2D eigenvalue weighted by Crippen LogP contribution is 2.18. The molecular weight excluding hydrogens is 238 g/mol. The summed E-state index contributed by atoms with van der Waals surface area (Å²) in [6.07, 6.45) is 6.88. The van der Waals surface area contributed by atoms with E-state index in [1.54, 1.807) is 0 Å². The van der Waals surface area contributed by atoms with Gasteiger partial charge in [-0.05, 0) is 45.3 Å². The number of likely N-dealkylation sites (N-methyl/N-ethyl adjacent to an activating group) is 2. The highest BCUT2D eigenvalue weighted by molar-refractivity contribution is 5.76. The van der Waals surface area contributed by atoms with Crippen LogP contribution in [0.1, 0.15) is 45.4 Å². The van der Waals surface area contributed by atoms with Crippen LogP contribution in [0.25, 0.3) is 0 Å². The van der Waals surface area contributed by atoms with Gasteiger partial charge in [0.05, 0.1) is 0 Å². The zero-order valence-electron chi connectivity index (χ0n) is 12.5. The number of nitrogens with one attached hydrogen (secondary N) is 1. The Labute approximate surface area is 117 Å². The molecule has 1 amide bonds. The third-order valence-electron chi connectivity index (χ3n) is 4.65. The molecule has 0 spiro atoms. The molecule has 2 unspecified atom stereocenters. The van der Waals surface area contributed by atoms with Gasteiger partial charge in [0.1, 0.15) is 0 Å². The first-order valence-electron chi connectivity index (χ1n) is 7.92. The molecule has 2 heterocycles. The monoisotopic (exact) mass is 267 g/mol. The molecule has 0 aliphatic carbocycles. The van der Waals surface area contributed by atoms with Gasteiger partial charge in [-0.25, -0.2) is 0 Å². The van der Waals surface area contributed by atoms with Gasteiger partial charge in [0.25, 0.3) is 0 Å². The number of likely N-dealkylation sites (tertiary alicyclic amines) is 1. The molecule has 2 fully saturated rings. The topological polar surface area (TPSA) is 35.6 Å². The summed E-state index contributed by atoms with van der Waals surface area (Å²) in [4.78, 5) is 16.7. The van der Waals surface area contributed by atoms with Crippen LogP contribution in [0.15, 0.2) is 0 Å². The zero-order chi connectivity index (χ0) is 13.7. The van der Waals surface area contributed by atoms with Gasteiger partial charge in [0.15, 0.2) is 0 Å². The SMILES string of the molecule is CCN1CCCC1CN(C)C(=O)CC1CCCCN1. The lowest BCUT2D eigenvalue weighted by atomic mass is 10.0. The van der Waals surface area contributed by atoms with E-state index >= 15 is 0 Å². The van der Waals surface area contributed by atoms with Gasteiger partial charge >= 0.3 is 0 Å². The first-order chi connectivity index (χ1) is 9.20. The smallest absolute Gasteiger partial charge is 0.223 e. The van der Waals surface area contributed by atoms with E-state index in [-0.39, 0.29) is 0 Å². The number of amides is 1. The van der Waals surface area contributed by atoms with Crippen molar-refractivity contribution in [3.63, 3.8) is 0 Å². The lowest BCUT2D eigenvalue weighted by molar-refractivity contribution is -0.131. The van der Waals surface area contributed by atoms with Crippen LogP contribution in [-0.4, -0.2) is 61.0 Å². The molecule has 2 atom stereocenters. The van der Waals surface area contributed by atoms with E-state index in [9.17, 15) is 4.79 Å². The van der Waals surface area contributed by atoms with Crippen molar-refractivity contribution >= 4 is 5.91 Å². The van der Waals surface area contributed by atoms with Crippen LogP contribution >= 0.6 is 0 Å². The molecule has 0 aromatic heterocycles. The minimum atomic E-state index is 0.308. The number of piperidine rings is 1. The average molecular weight is 267 g/mol. The Balaban J connectivity index is 1.75. The van der Waals surface area contributed by atoms with E-state index < -0.39 is 0 Å². The summed E-state index contributed by atoms with van der Waals surface area (Å²) in [5.74, 6) is 0.308. The molecule has 4 heteroatoms. The number of rotatable bonds is 5. The predicted molar refractivity (Wildman–Crippen MR) is 78.2 cm³/mol. The Morgan fingerprint density at radius 3 is 2.84 bits per heavy atom. The molecule has 0 radical (unpaired) electrons. The van der Waals surface area contributed by atoms with Crippen molar-refractivity contribution in [2.75, 3.05) is 33.2 Å². The van der Waals surface area contributed by atoms with E-state index in [0.29, 0.717) is 24.4 Å². The summed E-state index contributed by atoms with van der Waals surface area (Å²) in [7, 11) is 1.97. The highest BCUT2D eigenvalue weighted by atomic mass is 16.2. The van der Waals surface area contributed by atoms with E-state index in [1.165, 1.54) is 32.2 Å². The number of hydrogen-bond acceptors (Lipinski definition) is 3. The number of carbonyl (C=O) groups is 1. The molecular formula is C15H29N3O. The van der Waals surface area contributed by atoms with Gasteiger partial charge in [-0.15, -0.1) is 0 Å². The van der Waals surface area contributed by atoms with Crippen LogP contribution < -0.4 is 5.32 Å². The van der Waals surface area contributed by atoms with Gasteiger partial charge in [-0.1, -0.05) is 13.3 Å². The van der Waals surface area contributed by atoms with Gasteiger partial charge < -0.3 is 10.2 Å². The summed E-state index contributed by atoms with van der Waals surface area (Å²) in [6, 6.07) is 0.993. The lowest BCUT2D eigenvalue weighted by Crippen LogP contribution is -2.44. The molecule has 4 nitrogen and oxygen atoms in total. The minimum absolute atomic E-state index is 0.308. The van der Waals surface area contributed by atoms with Gasteiger partial charge in [-0.3, -0.25) is 9.69 Å². The van der Waals surface area contributed by atoms with Crippen LogP contribution in [-0.2, 0) is 4.79 Å². The molecule has 0 aromatic rings. The molecule has 2 rings (SSSR count). The van der Waals surface area contributed by atoms with E-state index in [2.05, 4.69) is 17.1 Å². The van der Waals surface area contributed by atoms with Crippen LogP contribution in [0.3, 0.4) is 0 Å². The standard InChI is InChI=1S/C15H29N3O/c1-3-18-10-6-8-14(18)12-17(2)15(19)11-13-7-4-5-9-16-13/h13-14,16H,3-12H2,1-2H3.